The number of benzene rings is 3. The first-order valence-electron chi connectivity index (χ1n) is 15.9. The molecule has 7 atom stereocenters. The summed E-state index contributed by atoms with van der Waals surface area (Å²) in [6.45, 7) is -1.14. The van der Waals surface area contributed by atoms with Crippen LogP contribution in [0.15, 0.2) is 29.8 Å². The van der Waals surface area contributed by atoms with Crippen molar-refractivity contribution in [2.24, 2.45) is 0 Å². The first-order valence-corrected chi connectivity index (χ1v) is 15.9. The Hall–Kier alpha value is -7.66. The van der Waals surface area contributed by atoms with Crippen LogP contribution >= 0.6 is 0 Å². The van der Waals surface area contributed by atoms with Crippen LogP contribution in [0, 0.1) is 0 Å². The number of rotatable bonds is 1. The highest BCUT2D eigenvalue weighted by molar-refractivity contribution is 6.08. The van der Waals surface area contributed by atoms with Crippen LogP contribution in [0.5, 0.6) is 51.7 Å². The van der Waals surface area contributed by atoms with Crippen molar-refractivity contribution in [1.29, 1.82) is 0 Å². The molecular weight excluding hydrogens is 776 g/mol. The molecule has 4 heterocycles. The minimum atomic E-state index is -2.46. The number of hydrogen-bond donors (Lipinski definition) is 11. The topological polar surface area (TPSA) is 380 Å². The lowest BCUT2D eigenvalue weighted by atomic mass is 9.81. The smallest absolute Gasteiger partial charge is 0.346 e. The predicted molar refractivity (Wildman–Crippen MR) is 171 cm³/mol. The fraction of sp³-hybridized carbons (Fsp3) is 0.235. The van der Waals surface area contributed by atoms with Gasteiger partial charge in [0.2, 0.25) is 29.6 Å². The SMILES string of the molecule is O=C1C=C2C(=O)O[C@H]3[C@@H]4OC(=O)c5cc(O)c(O)c(O)c5-c5c(cc(O)c(O)c5O)C(=O)OC[C@@H](O4)[C@@H](OC(=O)c4cc(O)c(O)c(O)c4[C@@H]2[C@H](C(=O)O)O1)[C@@H]3O. The normalized spacial score (nSPS) is 25.7. The highest BCUT2D eigenvalue weighted by Gasteiger charge is 2.55. The lowest BCUT2D eigenvalue weighted by molar-refractivity contribution is -0.287. The third-order valence-corrected chi connectivity index (χ3v) is 9.36. The van der Waals surface area contributed by atoms with E-state index >= 15 is 0 Å². The van der Waals surface area contributed by atoms with E-state index in [4.69, 9.17) is 28.4 Å². The van der Waals surface area contributed by atoms with Gasteiger partial charge >= 0.3 is 35.8 Å². The lowest BCUT2D eigenvalue weighted by Gasteiger charge is -2.42. The zero-order valence-corrected chi connectivity index (χ0v) is 27.9. The number of ether oxygens (including phenoxy) is 6. The van der Waals surface area contributed by atoms with Crippen LogP contribution in [0.3, 0.4) is 0 Å². The van der Waals surface area contributed by atoms with Gasteiger partial charge in [-0.2, -0.15) is 0 Å². The largest absolute Gasteiger partial charge is 0.504 e. The zero-order valence-electron chi connectivity index (χ0n) is 27.9. The number of esters is 5. The molecule has 3 aromatic carbocycles. The molecule has 23 nitrogen and oxygen atoms in total. The Morgan fingerprint density at radius 1 is 0.596 bits per heavy atom. The average Bonchev–Trinajstić information content (AvgIpc) is 3.16. The van der Waals surface area contributed by atoms with Crippen molar-refractivity contribution in [3.63, 3.8) is 0 Å². The Balaban J connectivity index is 1.44. The number of phenols is 9. The van der Waals surface area contributed by atoms with Crippen LogP contribution < -0.4 is 0 Å². The summed E-state index contributed by atoms with van der Waals surface area (Å²) in [5.41, 5.74) is -6.98. The minimum absolute atomic E-state index is 0.372. The molecule has 7 rings (SSSR count). The third-order valence-electron chi connectivity index (χ3n) is 9.36. The number of aromatic hydroxyl groups is 9. The van der Waals surface area contributed by atoms with Gasteiger partial charge in [-0.25, -0.2) is 28.8 Å². The number of aliphatic hydroxyl groups is 1. The zero-order chi connectivity index (χ0) is 41.5. The fourth-order valence-corrected chi connectivity index (χ4v) is 6.73. The molecule has 1 fully saturated rings. The summed E-state index contributed by atoms with van der Waals surface area (Å²) < 4.78 is 32.1. The maximum absolute atomic E-state index is 14.0. The van der Waals surface area contributed by atoms with Gasteiger partial charge in [0, 0.05) is 22.8 Å². The molecule has 11 N–H and O–H groups in total. The number of cyclic esters (lactones) is 2. The maximum atomic E-state index is 14.0. The summed E-state index contributed by atoms with van der Waals surface area (Å²) in [6, 6.07) is 1.40. The van der Waals surface area contributed by atoms with Gasteiger partial charge in [-0.1, -0.05) is 0 Å². The molecule has 0 radical (unpaired) electrons. The highest BCUT2D eigenvalue weighted by Crippen LogP contribution is 2.53. The second-order valence-electron chi connectivity index (χ2n) is 12.6. The van der Waals surface area contributed by atoms with E-state index in [1.54, 1.807) is 0 Å². The van der Waals surface area contributed by atoms with E-state index in [-0.39, 0.29) is 0 Å². The standard InChI is InChI=1S/C34H24O23/c35-10-1-6-15(22(42)19(10)39)16-7(2-11(36)20(40)23(16)43)33(51)57-34-28-25(45)26(13(53-34)5-52-30(6)48)55-31(49)8-3-12(37)21(41)24(44)17(8)18-9(32(50)56-28)4-14(38)54-27(18)29(46)47/h1-4,13,18,25-28,34-37,39-45H,5H2,(H,46,47)/t13-,18-,25+,26-,27-,28-,34+/m1/s1. The van der Waals surface area contributed by atoms with Crippen molar-refractivity contribution in [2.45, 2.75) is 42.7 Å². The van der Waals surface area contributed by atoms with E-state index in [0.717, 1.165) is 0 Å². The van der Waals surface area contributed by atoms with Crippen LogP contribution in [0.25, 0.3) is 11.1 Å². The van der Waals surface area contributed by atoms with Gasteiger partial charge in [0.05, 0.1) is 28.2 Å². The predicted octanol–water partition coefficient (Wildman–Crippen LogP) is -0.712. The number of aliphatic carboxylic acids is 1. The average molecular weight is 801 g/mol. The van der Waals surface area contributed by atoms with Crippen LogP contribution in [-0.2, 0) is 42.8 Å². The van der Waals surface area contributed by atoms with E-state index in [1.807, 2.05) is 0 Å². The number of carbonyl (C=O) groups is 6. The molecular formula is C34H24O23. The minimum Gasteiger partial charge on any atom is -0.504 e. The monoisotopic (exact) mass is 800 g/mol. The maximum Gasteiger partial charge on any atom is 0.346 e. The van der Waals surface area contributed by atoms with Gasteiger partial charge in [-0.15, -0.1) is 0 Å². The number of fused-ring (bicyclic) bond motifs is 12. The van der Waals surface area contributed by atoms with E-state index in [2.05, 4.69) is 0 Å². The molecule has 1 saturated heterocycles. The quantitative estimate of drug-likeness (QED) is 0.0822. The van der Waals surface area contributed by atoms with Crippen molar-refractivity contribution >= 4 is 35.8 Å². The first-order chi connectivity index (χ1) is 26.8. The summed E-state index contributed by atoms with van der Waals surface area (Å²) in [5.74, 6) is -24.2. The number of phenolic OH excluding ortho intramolecular Hbond substituents is 9. The van der Waals surface area contributed by atoms with Crippen LogP contribution in [-0.4, -0.2) is 135 Å². The van der Waals surface area contributed by atoms with Crippen LogP contribution in [0.4, 0.5) is 0 Å². The molecule has 0 saturated carbocycles. The van der Waals surface area contributed by atoms with E-state index in [9.17, 15) is 84.9 Å². The Morgan fingerprint density at radius 3 is 1.68 bits per heavy atom. The molecule has 0 spiro atoms. The van der Waals surface area contributed by atoms with Crippen LogP contribution in [0.1, 0.15) is 42.6 Å². The Kier molecular flexibility index (Phi) is 8.77. The van der Waals surface area contributed by atoms with Gasteiger partial charge < -0.3 is 84.6 Å². The summed E-state index contributed by atoms with van der Waals surface area (Å²) in [5, 5.41) is 116. The van der Waals surface area contributed by atoms with Crippen molar-refractivity contribution in [3.05, 3.63) is 52.1 Å². The van der Waals surface area contributed by atoms with Gasteiger partial charge in [-0.05, 0) is 18.2 Å². The van der Waals surface area contributed by atoms with Gasteiger partial charge in [0.15, 0.2) is 46.7 Å². The molecule has 0 aromatic heterocycles. The number of carboxylic acids is 1. The lowest BCUT2D eigenvalue weighted by Crippen LogP contribution is -2.62. The second-order valence-corrected chi connectivity index (χ2v) is 12.6. The highest BCUT2D eigenvalue weighted by atomic mass is 16.7. The van der Waals surface area contributed by atoms with Crippen molar-refractivity contribution in [1.82, 2.24) is 0 Å². The van der Waals surface area contributed by atoms with E-state index in [1.165, 1.54) is 0 Å². The van der Waals surface area contributed by atoms with Crippen molar-refractivity contribution < 1.29 is 113 Å². The summed E-state index contributed by atoms with van der Waals surface area (Å²) in [6.07, 6.45) is -13.4. The number of carbonyl (C=O) groups excluding carboxylic acids is 5. The summed E-state index contributed by atoms with van der Waals surface area (Å²) in [7, 11) is 0. The second kappa shape index (κ2) is 13.3. The molecule has 4 aliphatic rings. The van der Waals surface area contributed by atoms with E-state index < -0.39 is 176 Å². The molecule has 298 valence electrons. The molecule has 4 bridgehead atoms. The summed E-state index contributed by atoms with van der Waals surface area (Å²) in [4.78, 5) is 80.3. The summed E-state index contributed by atoms with van der Waals surface area (Å²) >= 11 is 0. The molecule has 3 aromatic rings. The number of hydrogen-bond acceptors (Lipinski definition) is 22. The van der Waals surface area contributed by atoms with Crippen molar-refractivity contribution in [2.75, 3.05) is 6.61 Å². The Bertz CT molecular complexity index is 2380. The molecule has 4 aliphatic heterocycles. The van der Waals surface area contributed by atoms with Crippen molar-refractivity contribution in [3.8, 4) is 62.9 Å². The third kappa shape index (κ3) is 5.84. The first kappa shape index (κ1) is 37.6. The van der Waals surface area contributed by atoms with E-state index in [0.29, 0.717) is 24.3 Å². The molecule has 0 amide bonds. The molecule has 0 aliphatic carbocycles. The fourth-order valence-electron chi connectivity index (χ4n) is 6.73. The number of aliphatic hydroxyl groups excluding tert-OH is 1. The van der Waals surface area contributed by atoms with Gasteiger partial charge in [0.1, 0.15) is 18.8 Å². The molecule has 23 heteroatoms. The molecule has 57 heavy (non-hydrogen) atoms. The van der Waals surface area contributed by atoms with Gasteiger partial charge in [0.25, 0.3) is 0 Å². The number of carboxylic acid groups (broad SMARTS) is 1. The Labute approximate surface area is 313 Å². The van der Waals surface area contributed by atoms with Crippen LogP contribution in [0.2, 0.25) is 0 Å². The Morgan fingerprint density at radius 2 is 1.11 bits per heavy atom. The van der Waals surface area contributed by atoms with Gasteiger partial charge in [-0.3, -0.25) is 0 Å². The molecule has 0 unspecified atom stereocenters.